The highest BCUT2D eigenvalue weighted by atomic mass is 16.6. The minimum absolute atomic E-state index is 0.0503. The van der Waals surface area contributed by atoms with Crippen molar-refractivity contribution >= 4 is 12.1 Å². The number of nitrogens with zero attached hydrogens (tertiary/aromatic N) is 1. The molecule has 6 heteroatoms. The summed E-state index contributed by atoms with van der Waals surface area (Å²) < 4.78 is 9.63. The average Bonchev–Trinajstić information content (AvgIpc) is 2.22. The quantitative estimate of drug-likeness (QED) is 0.654. The van der Waals surface area contributed by atoms with E-state index in [0.29, 0.717) is 0 Å². The fourth-order valence-corrected chi connectivity index (χ4v) is 1.09. The van der Waals surface area contributed by atoms with E-state index in [2.05, 4.69) is 6.58 Å². The Labute approximate surface area is 94.4 Å². The maximum atomic E-state index is 11.5. The third-order valence-electron chi connectivity index (χ3n) is 1.80. The number of ether oxygens (including phenoxy) is 2. The standard InChI is InChI=1S/C10H17NO5/c1-4-5-16-10(14)11(6-9(12)13)8(2)7-15-3/h4,8H,1,5-7H2,2-3H3,(H,12,13). The van der Waals surface area contributed by atoms with E-state index in [1.807, 2.05) is 0 Å². The van der Waals surface area contributed by atoms with Gasteiger partial charge in [-0.05, 0) is 6.92 Å². The van der Waals surface area contributed by atoms with E-state index in [0.717, 1.165) is 4.90 Å². The summed E-state index contributed by atoms with van der Waals surface area (Å²) in [5.41, 5.74) is 0. The number of hydrogen-bond donors (Lipinski definition) is 1. The average molecular weight is 231 g/mol. The van der Waals surface area contributed by atoms with Gasteiger partial charge in [-0.2, -0.15) is 0 Å². The summed E-state index contributed by atoms with van der Waals surface area (Å²) in [5.74, 6) is -1.10. The smallest absolute Gasteiger partial charge is 0.410 e. The van der Waals surface area contributed by atoms with Crippen molar-refractivity contribution in [2.24, 2.45) is 0 Å². The van der Waals surface area contributed by atoms with E-state index in [9.17, 15) is 9.59 Å². The van der Waals surface area contributed by atoms with Crippen molar-refractivity contribution in [2.45, 2.75) is 13.0 Å². The molecule has 0 aromatic heterocycles. The van der Waals surface area contributed by atoms with Gasteiger partial charge in [-0.25, -0.2) is 4.79 Å². The minimum Gasteiger partial charge on any atom is -0.480 e. The zero-order valence-corrected chi connectivity index (χ0v) is 9.51. The molecule has 0 rings (SSSR count). The summed E-state index contributed by atoms with van der Waals surface area (Å²) in [7, 11) is 1.48. The van der Waals surface area contributed by atoms with E-state index in [4.69, 9.17) is 14.6 Å². The van der Waals surface area contributed by atoms with E-state index >= 15 is 0 Å². The number of amides is 1. The molecule has 0 aromatic carbocycles. The van der Waals surface area contributed by atoms with E-state index in [-0.39, 0.29) is 19.3 Å². The lowest BCUT2D eigenvalue weighted by atomic mass is 10.3. The second-order valence-corrected chi connectivity index (χ2v) is 3.19. The molecule has 0 radical (unpaired) electrons. The summed E-state index contributed by atoms with van der Waals surface area (Å²) in [6.07, 6.45) is 0.726. The lowest BCUT2D eigenvalue weighted by Crippen LogP contribution is -2.44. The van der Waals surface area contributed by atoms with Crippen LogP contribution in [0.15, 0.2) is 12.7 Å². The molecule has 1 atom stereocenters. The zero-order valence-electron chi connectivity index (χ0n) is 9.51. The molecule has 6 nitrogen and oxygen atoms in total. The van der Waals surface area contributed by atoms with Gasteiger partial charge in [0.15, 0.2) is 0 Å². The van der Waals surface area contributed by atoms with Crippen LogP contribution < -0.4 is 0 Å². The van der Waals surface area contributed by atoms with Gasteiger partial charge in [0.05, 0.1) is 12.6 Å². The topological polar surface area (TPSA) is 76.1 Å². The minimum atomic E-state index is -1.10. The van der Waals surface area contributed by atoms with Crippen molar-refractivity contribution in [3.05, 3.63) is 12.7 Å². The normalized spacial score (nSPS) is 11.6. The van der Waals surface area contributed by atoms with Gasteiger partial charge in [0.1, 0.15) is 13.2 Å². The molecule has 0 saturated heterocycles. The van der Waals surface area contributed by atoms with Gasteiger partial charge in [-0.15, -0.1) is 0 Å². The maximum Gasteiger partial charge on any atom is 0.410 e. The predicted molar refractivity (Wildman–Crippen MR) is 57.2 cm³/mol. The molecular formula is C10H17NO5. The predicted octanol–water partition coefficient (Wildman–Crippen LogP) is 0.731. The maximum absolute atomic E-state index is 11.5. The molecule has 0 saturated carbocycles. The van der Waals surface area contributed by atoms with E-state index in [1.165, 1.54) is 13.2 Å². The van der Waals surface area contributed by atoms with Crippen molar-refractivity contribution in [2.75, 3.05) is 26.9 Å². The Balaban J connectivity index is 4.44. The highest BCUT2D eigenvalue weighted by Gasteiger charge is 2.23. The number of hydrogen-bond acceptors (Lipinski definition) is 4. The van der Waals surface area contributed by atoms with Gasteiger partial charge in [-0.1, -0.05) is 12.7 Å². The molecular weight excluding hydrogens is 214 g/mol. The first-order chi connectivity index (χ1) is 7.52. The largest absolute Gasteiger partial charge is 0.480 e. The molecule has 1 amide bonds. The SMILES string of the molecule is C=CCOC(=O)N(CC(=O)O)C(C)COC. The molecule has 0 fully saturated rings. The Bertz CT molecular complexity index is 254. The summed E-state index contributed by atoms with van der Waals surface area (Å²) in [5, 5.41) is 8.66. The third kappa shape index (κ3) is 5.35. The fraction of sp³-hybridized carbons (Fsp3) is 0.600. The van der Waals surface area contributed by atoms with Gasteiger partial charge in [0.2, 0.25) is 0 Å². The Morgan fingerprint density at radius 1 is 1.56 bits per heavy atom. The highest BCUT2D eigenvalue weighted by molar-refractivity contribution is 5.77. The summed E-state index contributed by atoms with van der Waals surface area (Å²) in [6, 6.07) is -0.363. The van der Waals surface area contributed by atoms with Crippen molar-refractivity contribution in [1.29, 1.82) is 0 Å². The number of rotatable bonds is 7. The monoisotopic (exact) mass is 231 g/mol. The Morgan fingerprint density at radius 3 is 2.62 bits per heavy atom. The molecule has 92 valence electrons. The van der Waals surface area contributed by atoms with Crippen LogP contribution in [0.25, 0.3) is 0 Å². The van der Waals surface area contributed by atoms with E-state index in [1.54, 1.807) is 6.92 Å². The second-order valence-electron chi connectivity index (χ2n) is 3.19. The lowest BCUT2D eigenvalue weighted by molar-refractivity contribution is -0.138. The molecule has 0 bridgehead atoms. The summed E-state index contributed by atoms with van der Waals surface area (Å²) >= 11 is 0. The van der Waals surface area contributed by atoms with Crippen LogP contribution in [0.4, 0.5) is 4.79 Å². The van der Waals surface area contributed by atoms with Crippen molar-refractivity contribution in [3.63, 3.8) is 0 Å². The van der Waals surface area contributed by atoms with Crippen LogP contribution in [0, 0.1) is 0 Å². The molecule has 0 aliphatic carbocycles. The third-order valence-corrected chi connectivity index (χ3v) is 1.80. The molecule has 0 aliphatic rings. The molecule has 16 heavy (non-hydrogen) atoms. The van der Waals surface area contributed by atoms with Crippen LogP contribution in [0.1, 0.15) is 6.92 Å². The molecule has 0 heterocycles. The van der Waals surface area contributed by atoms with Crippen LogP contribution in [-0.4, -0.2) is 55.0 Å². The number of carboxylic acids is 1. The first kappa shape index (κ1) is 14.4. The number of carboxylic acid groups (broad SMARTS) is 1. The van der Waals surface area contributed by atoms with Crippen LogP contribution in [0.3, 0.4) is 0 Å². The number of carbonyl (C=O) groups excluding carboxylic acids is 1. The first-order valence-corrected chi connectivity index (χ1v) is 4.78. The first-order valence-electron chi connectivity index (χ1n) is 4.78. The zero-order chi connectivity index (χ0) is 12.6. The molecule has 1 unspecified atom stereocenters. The van der Waals surface area contributed by atoms with Crippen molar-refractivity contribution < 1.29 is 24.2 Å². The Kier molecular flexibility index (Phi) is 6.95. The summed E-state index contributed by atoms with van der Waals surface area (Å²) in [6.45, 7) is 4.96. The molecule has 0 spiro atoms. The van der Waals surface area contributed by atoms with Gasteiger partial charge in [0, 0.05) is 7.11 Å². The van der Waals surface area contributed by atoms with E-state index < -0.39 is 18.6 Å². The van der Waals surface area contributed by atoms with Gasteiger partial charge < -0.3 is 14.6 Å². The van der Waals surface area contributed by atoms with Crippen LogP contribution in [0.2, 0.25) is 0 Å². The van der Waals surface area contributed by atoms with Crippen LogP contribution >= 0.6 is 0 Å². The number of methoxy groups -OCH3 is 1. The Morgan fingerprint density at radius 2 is 2.19 bits per heavy atom. The van der Waals surface area contributed by atoms with Gasteiger partial charge in [0.25, 0.3) is 0 Å². The summed E-state index contributed by atoms with van der Waals surface area (Å²) in [4.78, 5) is 23.2. The number of carbonyl (C=O) groups is 2. The molecule has 1 N–H and O–H groups in total. The van der Waals surface area contributed by atoms with Gasteiger partial charge in [-0.3, -0.25) is 9.69 Å². The van der Waals surface area contributed by atoms with Gasteiger partial charge >= 0.3 is 12.1 Å². The Hall–Kier alpha value is -1.56. The van der Waals surface area contributed by atoms with Crippen molar-refractivity contribution in [1.82, 2.24) is 4.90 Å². The van der Waals surface area contributed by atoms with Crippen LogP contribution in [-0.2, 0) is 14.3 Å². The number of aliphatic carboxylic acids is 1. The lowest BCUT2D eigenvalue weighted by Gasteiger charge is -2.26. The second kappa shape index (κ2) is 7.70. The van der Waals surface area contributed by atoms with Crippen LogP contribution in [0.5, 0.6) is 0 Å². The highest BCUT2D eigenvalue weighted by Crippen LogP contribution is 2.03. The molecule has 0 aliphatic heterocycles. The van der Waals surface area contributed by atoms with Crippen molar-refractivity contribution in [3.8, 4) is 0 Å². The fourth-order valence-electron chi connectivity index (χ4n) is 1.09. The molecule has 0 aromatic rings.